The molecular formula is C25H24N6O4S. The number of thioether (sulfide) groups is 1. The van der Waals surface area contributed by atoms with Gasteiger partial charge in [-0.25, -0.2) is 4.79 Å². The van der Waals surface area contributed by atoms with Gasteiger partial charge in [0.25, 0.3) is 5.69 Å². The molecule has 36 heavy (non-hydrogen) atoms. The Balaban J connectivity index is 1.49. The first-order chi connectivity index (χ1) is 17.5. The molecule has 0 unspecified atom stereocenters. The summed E-state index contributed by atoms with van der Waals surface area (Å²) >= 11 is 1.48. The van der Waals surface area contributed by atoms with Crippen LogP contribution in [0.25, 0.3) is 5.69 Å². The zero-order valence-electron chi connectivity index (χ0n) is 19.5. The molecule has 0 atom stereocenters. The minimum absolute atomic E-state index is 0.0141. The number of hydrogen-bond acceptors (Lipinski definition) is 7. The summed E-state index contributed by atoms with van der Waals surface area (Å²) < 4.78 is 7.20. The number of carbonyl (C=O) groups is 1. The number of aromatic nitrogens is 3. The van der Waals surface area contributed by atoms with Gasteiger partial charge in [-0.1, -0.05) is 42.1 Å². The highest BCUT2D eigenvalue weighted by atomic mass is 32.2. The monoisotopic (exact) mass is 504 g/mol. The topological polar surface area (TPSA) is 124 Å². The summed E-state index contributed by atoms with van der Waals surface area (Å²) in [5.74, 6) is 1.87. The molecule has 4 rings (SSSR count). The number of nitrogens with zero attached hydrogens (tertiary/aromatic N) is 4. The van der Waals surface area contributed by atoms with Crippen molar-refractivity contribution in [2.75, 3.05) is 11.9 Å². The van der Waals surface area contributed by atoms with Gasteiger partial charge in [0.1, 0.15) is 5.75 Å². The van der Waals surface area contributed by atoms with E-state index in [0.29, 0.717) is 34.7 Å². The van der Waals surface area contributed by atoms with Gasteiger partial charge < -0.3 is 15.4 Å². The second-order valence-electron chi connectivity index (χ2n) is 7.55. The van der Waals surface area contributed by atoms with Crippen molar-refractivity contribution in [3.63, 3.8) is 0 Å². The van der Waals surface area contributed by atoms with Crippen LogP contribution in [0, 0.1) is 10.1 Å². The van der Waals surface area contributed by atoms with E-state index >= 15 is 0 Å². The first-order valence-corrected chi connectivity index (χ1v) is 12.2. The van der Waals surface area contributed by atoms with E-state index in [-0.39, 0.29) is 12.2 Å². The minimum atomic E-state index is -0.450. The van der Waals surface area contributed by atoms with Crippen LogP contribution in [-0.4, -0.2) is 32.3 Å². The first-order valence-electron chi connectivity index (χ1n) is 11.2. The zero-order valence-corrected chi connectivity index (χ0v) is 20.3. The molecule has 0 spiro atoms. The fourth-order valence-electron chi connectivity index (χ4n) is 3.35. The number of anilines is 1. The minimum Gasteiger partial charge on any atom is -0.494 e. The van der Waals surface area contributed by atoms with Crippen LogP contribution in [0.2, 0.25) is 0 Å². The fraction of sp³-hybridized carbons (Fsp3) is 0.160. The van der Waals surface area contributed by atoms with Crippen LogP contribution in [0.5, 0.6) is 5.75 Å². The highest BCUT2D eigenvalue weighted by Gasteiger charge is 2.17. The number of hydrogen-bond donors (Lipinski definition) is 2. The van der Waals surface area contributed by atoms with Gasteiger partial charge >= 0.3 is 6.03 Å². The molecule has 3 aromatic carbocycles. The average Bonchev–Trinajstić information content (AvgIpc) is 3.31. The summed E-state index contributed by atoms with van der Waals surface area (Å²) in [6.45, 7) is 2.56. The molecule has 0 saturated carbocycles. The van der Waals surface area contributed by atoms with Gasteiger partial charge in [0.2, 0.25) is 0 Å². The van der Waals surface area contributed by atoms with E-state index < -0.39 is 11.0 Å². The molecule has 0 bridgehead atoms. The lowest BCUT2D eigenvalue weighted by Crippen LogP contribution is -2.29. The van der Waals surface area contributed by atoms with Crippen molar-refractivity contribution in [3.05, 3.63) is 100 Å². The van der Waals surface area contributed by atoms with Crippen LogP contribution in [-0.2, 0) is 12.3 Å². The third-order valence-electron chi connectivity index (χ3n) is 5.06. The maximum absolute atomic E-state index is 12.5. The lowest BCUT2D eigenvalue weighted by Gasteiger charge is -2.12. The van der Waals surface area contributed by atoms with Crippen LogP contribution >= 0.6 is 11.8 Å². The molecule has 0 fully saturated rings. The van der Waals surface area contributed by atoms with Crippen molar-refractivity contribution in [2.24, 2.45) is 0 Å². The Morgan fingerprint density at radius 3 is 2.42 bits per heavy atom. The van der Waals surface area contributed by atoms with E-state index in [2.05, 4.69) is 20.8 Å². The number of carbonyl (C=O) groups excluding carboxylic acids is 1. The van der Waals surface area contributed by atoms with Crippen molar-refractivity contribution in [1.82, 2.24) is 20.1 Å². The number of rotatable bonds is 10. The van der Waals surface area contributed by atoms with Crippen molar-refractivity contribution in [2.45, 2.75) is 24.4 Å². The molecule has 1 heterocycles. The SMILES string of the molecule is CCOc1ccc(NC(=O)NCc2nnc(SCc3ccccc3)n2-c2ccc([N+](=O)[O-])cc2)cc1. The standard InChI is InChI=1S/C25H24N6O4S/c1-2-35-22-14-8-19(9-15-22)27-24(32)26-16-23-28-29-25(36-17-18-6-4-3-5-7-18)30(23)20-10-12-21(13-11-20)31(33)34/h3-15H,2,16-17H2,1H3,(H2,26,27,32). The molecule has 4 aromatic rings. The van der Waals surface area contributed by atoms with Crippen LogP contribution in [0.1, 0.15) is 18.3 Å². The van der Waals surface area contributed by atoms with Gasteiger partial charge in [0, 0.05) is 29.3 Å². The Labute approximate surface area is 211 Å². The largest absolute Gasteiger partial charge is 0.494 e. The van der Waals surface area contributed by atoms with Crippen molar-refractivity contribution >= 4 is 29.2 Å². The molecule has 2 amide bonds. The Morgan fingerprint density at radius 1 is 1.03 bits per heavy atom. The van der Waals surface area contributed by atoms with Crippen LogP contribution in [0.15, 0.2) is 84.0 Å². The van der Waals surface area contributed by atoms with Crippen molar-refractivity contribution in [1.29, 1.82) is 0 Å². The molecule has 184 valence electrons. The second kappa shape index (κ2) is 11.8. The molecule has 1 aromatic heterocycles. The van der Waals surface area contributed by atoms with E-state index in [0.717, 1.165) is 11.3 Å². The third kappa shape index (κ3) is 6.39. The number of urea groups is 1. The van der Waals surface area contributed by atoms with Gasteiger partial charge in [-0.05, 0) is 48.9 Å². The summed E-state index contributed by atoms with van der Waals surface area (Å²) in [7, 11) is 0. The molecule has 11 heteroatoms. The molecular weight excluding hydrogens is 480 g/mol. The fourth-order valence-corrected chi connectivity index (χ4v) is 4.28. The second-order valence-corrected chi connectivity index (χ2v) is 8.49. The van der Waals surface area contributed by atoms with Crippen LogP contribution in [0.4, 0.5) is 16.2 Å². The van der Waals surface area contributed by atoms with Crippen molar-refractivity contribution in [3.8, 4) is 11.4 Å². The number of nitro groups is 1. The predicted molar refractivity (Wildman–Crippen MR) is 137 cm³/mol. The molecule has 0 aliphatic carbocycles. The van der Waals surface area contributed by atoms with Crippen LogP contribution < -0.4 is 15.4 Å². The third-order valence-corrected chi connectivity index (χ3v) is 6.06. The van der Waals surface area contributed by atoms with E-state index in [4.69, 9.17) is 4.74 Å². The highest BCUT2D eigenvalue weighted by Crippen LogP contribution is 2.26. The predicted octanol–water partition coefficient (Wildman–Crippen LogP) is 5.19. The molecule has 2 N–H and O–H groups in total. The number of ether oxygens (including phenoxy) is 1. The van der Waals surface area contributed by atoms with E-state index in [9.17, 15) is 14.9 Å². The van der Waals surface area contributed by atoms with Gasteiger partial charge in [-0.15, -0.1) is 10.2 Å². The maximum Gasteiger partial charge on any atom is 0.319 e. The summed E-state index contributed by atoms with van der Waals surface area (Å²) in [5.41, 5.74) is 2.38. The van der Waals surface area contributed by atoms with Gasteiger partial charge in [-0.3, -0.25) is 14.7 Å². The number of nitrogens with one attached hydrogen (secondary N) is 2. The zero-order chi connectivity index (χ0) is 25.3. The van der Waals surface area contributed by atoms with E-state index in [1.807, 2.05) is 37.3 Å². The summed E-state index contributed by atoms with van der Waals surface area (Å²) in [6, 6.07) is 22.7. The Kier molecular flexibility index (Phi) is 8.14. The normalized spacial score (nSPS) is 10.6. The number of nitro benzene ring substituents is 1. The Hall–Kier alpha value is -4.38. The molecule has 10 nitrogen and oxygen atoms in total. The average molecular weight is 505 g/mol. The quantitative estimate of drug-likeness (QED) is 0.173. The highest BCUT2D eigenvalue weighted by molar-refractivity contribution is 7.98. The molecule has 0 aliphatic rings. The summed E-state index contributed by atoms with van der Waals surface area (Å²) in [5, 5.41) is 25.8. The molecule has 0 radical (unpaired) electrons. The Bertz CT molecular complexity index is 1310. The van der Waals surface area contributed by atoms with Gasteiger partial charge in [0.15, 0.2) is 11.0 Å². The molecule has 0 saturated heterocycles. The number of benzene rings is 3. The number of non-ortho nitro benzene ring substituents is 1. The van der Waals surface area contributed by atoms with E-state index in [1.165, 1.54) is 23.9 Å². The summed E-state index contributed by atoms with van der Waals surface area (Å²) in [4.78, 5) is 23.1. The van der Waals surface area contributed by atoms with E-state index in [1.54, 1.807) is 41.0 Å². The number of amides is 2. The Morgan fingerprint density at radius 2 is 1.75 bits per heavy atom. The van der Waals surface area contributed by atoms with Crippen molar-refractivity contribution < 1.29 is 14.5 Å². The molecule has 0 aliphatic heterocycles. The maximum atomic E-state index is 12.5. The lowest BCUT2D eigenvalue weighted by atomic mass is 10.2. The first kappa shape index (κ1) is 24.7. The lowest BCUT2D eigenvalue weighted by molar-refractivity contribution is -0.384. The smallest absolute Gasteiger partial charge is 0.319 e. The van der Waals surface area contributed by atoms with Gasteiger partial charge in [-0.2, -0.15) is 0 Å². The summed E-state index contributed by atoms with van der Waals surface area (Å²) in [6.07, 6.45) is 0. The van der Waals surface area contributed by atoms with Gasteiger partial charge in [0.05, 0.1) is 18.1 Å². The van der Waals surface area contributed by atoms with Crippen LogP contribution in [0.3, 0.4) is 0 Å².